The van der Waals surface area contributed by atoms with Gasteiger partial charge in [-0.25, -0.2) is 9.18 Å². The highest BCUT2D eigenvalue weighted by atomic mass is 19.1. The third kappa shape index (κ3) is 3.15. The van der Waals surface area contributed by atoms with Crippen LogP contribution in [-0.2, 0) is 23.8 Å². The van der Waals surface area contributed by atoms with Crippen molar-refractivity contribution in [3.05, 3.63) is 68.7 Å². The van der Waals surface area contributed by atoms with Crippen LogP contribution in [-0.4, -0.2) is 21.6 Å². The molecule has 3 rings (SSSR count). The van der Waals surface area contributed by atoms with Gasteiger partial charge in [-0.2, -0.15) is 0 Å². The molecule has 0 radical (unpaired) electrons. The number of nitrogens with zero attached hydrogens (tertiary/aromatic N) is 2. The van der Waals surface area contributed by atoms with Crippen LogP contribution in [0.15, 0.2) is 46.1 Å². The van der Waals surface area contributed by atoms with Gasteiger partial charge in [-0.15, -0.1) is 0 Å². The molecule has 0 spiro atoms. The first-order valence-electron chi connectivity index (χ1n) is 7.70. The SMILES string of the molecule is Cn1c(=O)ccn(CC(=O)NCC2(c3ccc(F)cc3)CC2)c1=O. The molecule has 0 saturated heterocycles. The largest absolute Gasteiger partial charge is 0.354 e. The topological polar surface area (TPSA) is 73.1 Å². The first kappa shape index (κ1) is 16.2. The fourth-order valence-corrected chi connectivity index (χ4v) is 2.74. The van der Waals surface area contributed by atoms with Crippen LogP contribution in [0, 0.1) is 5.82 Å². The smallest absolute Gasteiger partial charge is 0.331 e. The Balaban J connectivity index is 1.64. The third-order valence-corrected chi connectivity index (χ3v) is 4.51. The summed E-state index contributed by atoms with van der Waals surface area (Å²) in [6.07, 6.45) is 3.18. The maximum Gasteiger partial charge on any atom is 0.331 e. The Labute approximate surface area is 137 Å². The third-order valence-electron chi connectivity index (χ3n) is 4.51. The van der Waals surface area contributed by atoms with Crippen LogP contribution in [0.3, 0.4) is 0 Å². The number of hydrogen-bond acceptors (Lipinski definition) is 3. The molecule has 1 N–H and O–H groups in total. The van der Waals surface area contributed by atoms with Gasteiger partial charge in [0.1, 0.15) is 12.4 Å². The second-order valence-electron chi connectivity index (χ2n) is 6.19. The highest BCUT2D eigenvalue weighted by Gasteiger charge is 2.44. The molecule has 1 amide bonds. The van der Waals surface area contributed by atoms with Crippen molar-refractivity contribution in [3.63, 3.8) is 0 Å². The molecule has 126 valence electrons. The monoisotopic (exact) mass is 331 g/mol. The second-order valence-corrected chi connectivity index (χ2v) is 6.19. The Kier molecular flexibility index (Phi) is 4.09. The molecule has 2 aromatic rings. The van der Waals surface area contributed by atoms with Crippen molar-refractivity contribution < 1.29 is 9.18 Å². The zero-order valence-corrected chi connectivity index (χ0v) is 13.3. The van der Waals surface area contributed by atoms with Crippen molar-refractivity contribution in [1.29, 1.82) is 0 Å². The lowest BCUT2D eigenvalue weighted by Crippen LogP contribution is -2.41. The predicted octanol–water partition coefficient (Wildman–Crippen LogP) is 0.534. The Morgan fingerprint density at radius 2 is 1.88 bits per heavy atom. The van der Waals surface area contributed by atoms with Crippen molar-refractivity contribution in [2.24, 2.45) is 7.05 Å². The molecular weight excluding hydrogens is 313 g/mol. The summed E-state index contributed by atoms with van der Waals surface area (Å²) in [6.45, 7) is 0.296. The van der Waals surface area contributed by atoms with Crippen molar-refractivity contribution in [1.82, 2.24) is 14.5 Å². The Morgan fingerprint density at radius 3 is 2.50 bits per heavy atom. The van der Waals surface area contributed by atoms with Gasteiger partial charge in [-0.1, -0.05) is 12.1 Å². The molecule has 24 heavy (non-hydrogen) atoms. The van der Waals surface area contributed by atoms with Crippen LogP contribution in [0.1, 0.15) is 18.4 Å². The van der Waals surface area contributed by atoms with Crippen molar-refractivity contribution in [2.75, 3.05) is 6.54 Å². The number of halogens is 1. The number of hydrogen-bond donors (Lipinski definition) is 1. The van der Waals surface area contributed by atoms with Crippen LogP contribution < -0.4 is 16.6 Å². The normalized spacial score (nSPS) is 15.1. The van der Waals surface area contributed by atoms with Crippen LogP contribution in [0.2, 0.25) is 0 Å². The molecule has 1 aromatic carbocycles. The molecule has 1 fully saturated rings. The van der Waals surface area contributed by atoms with Crippen molar-refractivity contribution in [3.8, 4) is 0 Å². The Morgan fingerprint density at radius 1 is 1.21 bits per heavy atom. The average Bonchev–Trinajstić information content (AvgIpc) is 3.35. The van der Waals surface area contributed by atoms with Gasteiger partial charge in [0.05, 0.1) is 0 Å². The molecule has 7 heteroatoms. The first-order valence-corrected chi connectivity index (χ1v) is 7.70. The fraction of sp³-hybridized carbons (Fsp3) is 0.353. The lowest BCUT2D eigenvalue weighted by molar-refractivity contribution is -0.121. The maximum atomic E-state index is 13.0. The minimum Gasteiger partial charge on any atom is -0.354 e. The van der Waals surface area contributed by atoms with Crippen LogP contribution >= 0.6 is 0 Å². The summed E-state index contributed by atoms with van der Waals surface area (Å²) < 4.78 is 15.2. The molecule has 1 aromatic heterocycles. The summed E-state index contributed by atoms with van der Waals surface area (Å²) in [5.74, 6) is -0.586. The molecule has 1 aliphatic rings. The van der Waals surface area contributed by atoms with E-state index in [1.807, 2.05) is 0 Å². The molecule has 1 aliphatic carbocycles. The minimum atomic E-state index is -0.530. The number of carbonyl (C=O) groups excluding carboxylic acids is 1. The van der Waals surface area contributed by atoms with Gasteiger partial charge >= 0.3 is 5.69 Å². The van der Waals surface area contributed by atoms with E-state index in [2.05, 4.69) is 5.32 Å². The maximum absolute atomic E-state index is 13.0. The summed E-state index contributed by atoms with van der Waals surface area (Å²) in [5.41, 5.74) is -0.0802. The van der Waals surface area contributed by atoms with Crippen molar-refractivity contribution in [2.45, 2.75) is 24.8 Å². The molecule has 0 atom stereocenters. The molecule has 0 aliphatic heterocycles. The molecular formula is C17H18FN3O3. The average molecular weight is 331 g/mol. The lowest BCUT2D eigenvalue weighted by Gasteiger charge is -2.17. The molecule has 0 unspecified atom stereocenters. The van der Waals surface area contributed by atoms with E-state index in [1.54, 1.807) is 12.1 Å². The van der Waals surface area contributed by atoms with Gasteiger partial charge in [0, 0.05) is 31.3 Å². The first-order chi connectivity index (χ1) is 11.4. The summed E-state index contributed by atoms with van der Waals surface area (Å²) in [4.78, 5) is 35.4. The van der Waals surface area contributed by atoms with Gasteiger partial charge < -0.3 is 5.32 Å². The van der Waals surface area contributed by atoms with Crippen LogP contribution in [0.5, 0.6) is 0 Å². The van der Waals surface area contributed by atoms with E-state index in [-0.39, 0.29) is 23.7 Å². The quantitative estimate of drug-likeness (QED) is 0.869. The number of nitrogens with one attached hydrogen (secondary N) is 1. The van der Waals surface area contributed by atoms with Gasteiger partial charge in [0.2, 0.25) is 5.91 Å². The van der Waals surface area contributed by atoms with Gasteiger partial charge in [-0.3, -0.25) is 18.7 Å². The van der Waals surface area contributed by atoms with E-state index >= 15 is 0 Å². The molecule has 0 bridgehead atoms. The van der Waals surface area contributed by atoms with E-state index in [9.17, 15) is 18.8 Å². The summed E-state index contributed by atoms with van der Waals surface area (Å²) in [5, 5.41) is 2.83. The molecule has 1 heterocycles. The zero-order valence-electron chi connectivity index (χ0n) is 13.3. The van der Waals surface area contributed by atoms with Crippen LogP contribution in [0.25, 0.3) is 0 Å². The molecule has 1 saturated carbocycles. The van der Waals surface area contributed by atoms with E-state index in [0.29, 0.717) is 6.54 Å². The fourth-order valence-electron chi connectivity index (χ4n) is 2.74. The number of amides is 1. The number of carbonyl (C=O) groups is 1. The van der Waals surface area contributed by atoms with Gasteiger partial charge in [-0.05, 0) is 30.5 Å². The Hall–Kier alpha value is -2.70. The van der Waals surface area contributed by atoms with E-state index < -0.39 is 11.2 Å². The van der Waals surface area contributed by atoms with Crippen LogP contribution in [0.4, 0.5) is 4.39 Å². The predicted molar refractivity (Wildman–Crippen MR) is 86.3 cm³/mol. The van der Waals surface area contributed by atoms with Crippen molar-refractivity contribution >= 4 is 5.91 Å². The van der Waals surface area contributed by atoms with E-state index in [1.165, 1.54) is 36.0 Å². The number of rotatable bonds is 5. The van der Waals surface area contributed by atoms with E-state index in [0.717, 1.165) is 23.0 Å². The summed E-state index contributed by atoms with van der Waals surface area (Å²) in [6, 6.07) is 7.57. The highest BCUT2D eigenvalue weighted by Crippen LogP contribution is 2.47. The molecule has 6 nitrogen and oxygen atoms in total. The van der Waals surface area contributed by atoms with Gasteiger partial charge in [0.15, 0.2) is 0 Å². The van der Waals surface area contributed by atoms with Gasteiger partial charge in [0.25, 0.3) is 5.56 Å². The standard InChI is InChI=1S/C17H18FN3O3/c1-20-15(23)6-9-21(16(20)24)10-14(22)19-11-17(7-8-17)12-2-4-13(18)5-3-12/h2-6,9H,7-8,10-11H2,1H3,(H,19,22). The second kappa shape index (κ2) is 6.07. The lowest BCUT2D eigenvalue weighted by atomic mass is 9.96. The highest BCUT2D eigenvalue weighted by molar-refractivity contribution is 5.75. The Bertz CT molecular complexity index is 879. The number of aromatic nitrogens is 2. The summed E-state index contributed by atoms with van der Waals surface area (Å²) >= 11 is 0. The number of benzene rings is 1. The summed E-state index contributed by atoms with van der Waals surface area (Å²) in [7, 11) is 1.37. The zero-order chi connectivity index (χ0) is 17.3. The van der Waals surface area contributed by atoms with E-state index in [4.69, 9.17) is 0 Å². The minimum absolute atomic E-state index is 0.141.